The highest BCUT2D eigenvalue weighted by Gasteiger charge is 2.18. The molecular weight excluding hydrogens is 248 g/mol. The van der Waals surface area contributed by atoms with E-state index in [4.69, 9.17) is 0 Å². The van der Waals surface area contributed by atoms with Crippen molar-refractivity contribution in [1.29, 1.82) is 0 Å². The van der Waals surface area contributed by atoms with Crippen LogP contribution in [0.4, 0.5) is 0 Å². The lowest BCUT2D eigenvalue weighted by Gasteiger charge is -2.08. The Labute approximate surface area is 109 Å². The number of benzene rings is 2. The zero-order valence-corrected chi connectivity index (χ0v) is 10.1. The van der Waals surface area contributed by atoms with Gasteiger partial charge in [0, 0.05) is 11.1 Å². The molecule has 0 atom stereocenters. The normalized spacial score (nSPS) is 10.4. The zero-order valence-electron chi connectivity index (χ0n) is 10.1. The summed E-state index contributed by atoms with van der Waals surface area (Å²) in [5.41, 5.74) is 0.167. The van der Waals surface area contributed by atoms with E-state index < -0.39 is 17.3 Å². The number of carbonyl (C=O) groups excluding carboxylic acids is 1. The minimum Gasteiger partial charge on any atom is -0.508 e. The van der Waals surface area contributed by atoms with E-state index in [2.05, 4.69) is 0 Å². The van der Waals surface area contributed by atoms with E-state index in [0.717, 1.165) is 0 Å². The minimum atomic E-state index is -0.612. The molecule has 0 unspecified atom stereocenters. The van der Waals surface area contributed by atoms with Gasteiger partial charge in [0.2, 0.25) is 0 Å². The van der Waals surface area contributed by atoms with Gasteiger partial charge < -0.3 is 20.4 Å². The van der Waals surface area contributed by atoms with Crippen LogP contribution in [0.2, 0.25) is 0 Å². The van der Waals surface area contributed by atoms with Gasteiger partial charge in [-0.25, -0.2) is 0 Å². The molecule has 0 saturated carbocycles. The van der Waals surface area contributed by atoms with Crippen molar-refractivity contribution in [2.45, 2.75) is 6.92 Å². The highest BCUT2D eigenvalue weighted by molar-refractivity contribution is 6.11. The lowest BCUT2D eigenvalue weighted by atomic mass is 10.00. The predicted octanol–water partition coefficient (Wildman–Crippen LogP) is 2.05. The number of aromatic hydroxyl groups is 4. The number of phenolic OH excluding ortho intramolecular Hbond substituents is 4. The molecule has 0 aliphatic heterocycles. The Hall–Kier alpha value is -2.69. The molecule has 4 N–H and O–H groups in total. The maximum Gasteiger partial charge on any atom is 0.197 e. The van der Waals surface area contributed by atoms with Crippen LogP contribution in [-0.4, -0.2) is 26.2 Å². The van der Waals surface area contributed by atoms with Crippen LogP contribution >= 0.6 is 0 Å². The molecule has 19 heavy (non-hydrogen) atoms. The van der Waals surface area contributed by atoms with Gasteiger partial charge in [0.05, 0.1) is 5.56 Å². The van der Waals surface area contributed by atoms with Crippen molar-refractivity contribution in [3.8, 4) is 23.0 Å². The molecule has 5 nitrogen and oxygen atoms in total. The van der Waals surface area contributed by atoms with Crippen LogP contribution in [0, 0.1) is 6.92 Å². The van der Waals surface area contributed by atoms with Crippen molar-refractivity contribution >= 4 is 5.78 Å². The van der Waals surface area contributed by atoms with Crippen LogP contribution in [0.25, 0.3) is 0 Å². The smallest absolute Gasteiger partial charge is 0.197 e. The summed E-state index contributed by atoms with van der Waals surface area (Å²) < 4.78 is 0. The van der Waals surface area contributed by atoms with E-state index in [1.807, 2.05) is 0 Å². The molecule has 0 aromatic heterocycles. The van der Waals surface area contributed by atoms with Gasteiger partial charge in [0.1, 0.15) is 11.5 Å². The second-order valence-electron chi connectivity index (χ2n) is 4.14. The van der Waals surface area contributed by atoms with E-state index in [9.17, 15) is 25.2 Å². The van der Waals surface area contributed by atoms with E-state index in [1.165, 1.54) is 37.3 Å². The topological polar surface area (TPSA) is 98.0 Å². The van der Waals surface area contributed by atoms with Crippen molar-refractivity contribution in [1.82, 2.24) is 0 Å². The fourth-order valence-corrected chi connectivity index (χ4v) is 1.69. The fourth-order valence-electron chi connectivity index (χ4n) is 1.69. The second kappa shape index (κ2) is 4.53. The Bertz CT molecular complexity index is 638. The lowest BCUT2D eigenvalue weighted by molar-refractivity contribution is 0.103. The Morgan fingerprint density at radius 1 is 0.947 bits per heavy atom. The third-order valence-electron chi connectivity index (χ3n) is 2.87. The van der Waals surface area contributed by atoms with E-state index in [1.54, 1.807) is 0 Å². The monoisotopic (exact) mass is 260 g/mol. The number of phenols is 4. The first-order valence-corrected chi connectivity index (χ1v) is 5.50. The summed E-state index contributed by atoms with van der Waals surface area (Å²) in [6.45, 7) is 1.50. The van der Waals surface area contributed by atoms with Crippen LogP contribution in [0.3, 0.4) is 0 Å². The molecule has 2 rings (SSSR count). The molecule has 5 heteroatoms. The van der Waals surface area contributed by atoms with Gasteiger partial charge in [-0.3, -0.25) is 4.79 Å². The molecule has 0 heterocycles. The van der Waals surface area contributed by atoms with Crippen LogP contribution in [-0.2, 0) is 0 Å². The van der Waals surface area contributed by atoms with Crippen molar-refractivity contribution in [3.05, 3.63) is 47.0 Å². The van der Waals surface area contributed by atoms with Crippen LogP contribution in [0.15, 0.2) is 30.3 Å². The number of ketones is 1. The lowest BCUT2D eigenvalue weighted by Crippen LogP contribution is -2.02. The third-order valence-corrected chi connectivity index (χ3v) is 2.87. The molecule has 0 saturated heterocycles. The average Bonchev–Trinajstić information content (AvgIpc) is 2.38. The molecule has 2 aromatic carbocycles. The van der Waals surface area contributed by atoms with Gasteiger partial charge in [-0.05, 0) is 31.2 Å². The summed E-state index contributed by atoms with van der Waals surface area (Å²) in [5, 5.41) is 38.1. The number of rotatable bonds is 2. The van der Waals surface area contributed by atoms with E-state index >= 15 is 0 Å². The third kappa shape index (κ3) is 2.18. The first-order chi connectivity index (χ1) is 8.91. The first-order valence-electron chi connectivity index (χ1n) is 5.50. The maximum atomic E-state index is 12.1. The SMILES string of the molecule is Cc1c(O)cc(C(=O)c2cccc(O)c2O)cc1O. The molecule has 0 aliphatic carbocycles. The molecule has 0 amide bonds. The largest absolute Gasteiger partial charge is 0.508 e. The highest BCUT2D eigenvalue weighted by atomic mass is 16.3. The van der Waals surface area contributed by atoms with E-state index in [-0.39, 0.29) is 28.2 Å². The first kappa shape index (κ1) is 12.8. The van der Waals surface area contributed by atoms with Crippen molar-refractivity contribution in [2.75, 3.05) is 0 Å². The maximum absolute atomic E-state index is 12.1. The Kier molecular flexibility index (Phi) is 3.04. The molecule has 98 valence electrons. The van der Waals surface area contributed by atoms with Crippen molar-refractivity contribution in [2.24, 2.45) is 0 Å². The highest BCUT2D eigenvalue weighted by Crippen LogP contribution is 2.33. The summed E-state index contributed by atoms with van der Waals surface area (Å²) in [5.74, 6) is -2.00. The van der Waals surface area contributed by atoms with Gasteiger partial charge in [-0.1, -0.05) is 6.07 Å². The van der Waals surface area contributed by atoms with Crippen LogP contribution in [0.5, 0.6) is 23.0 Å². The summed E-state index contributed by atoms with van der Waals surface area (Å²) >= 11 is 0. The molecule has 0 spiro atoms. The number of carbonyl (C=O) groups is 1. The second-order valence-corrected chi connectivity index (χ2v) is 4.14. The van der Waals surface area contributed by atoms with Crippen LogP contribution in [0.1, 0.15) is 21.5 Å². The van der Waals surface area contributed by atoms with E-state index in [0.29, 0.717) is 0 Å². The van der Waals surface area contributed by atoms with Gasteiger partial charge in [0.25, 0.3) is 0 Å². The van der Waals surface area contributed by atoms with Crippen LogP contribution < -0.4 is 0 Å². The standard InChI is InChI=1S/C14H12O5/c1-7-11(16)5-8(6-12(7)17)13(18)9-3-2-4-10(15)14(9)19/h2-6,15-17,19H,1H3. The van der Waals surface area contributed by atoms with Gasteiger partial charge >= 0.3 is 0 Å². The average molecular weight is 260 g/mol. The van der Waals surface area contributed by atoms with Gasteiger partial charge in [0.15, 0.2) is 17.3 Å². The summed E-state index contributed by atoms with van der Waals surface area (Å²) in [4.78, 5) is 12.1. The van der Waals surface area contributed by atoms with Gasteiger partial charge in [-0.2, -0.15) is 0 Å². The molecule has 0 aliphatic rings. The molecule has 0 bridgehead atoms. The fraction of sp³-hybridized carbons (Fsp3) is 0.0714. The Morgan fingerprint density at radius 3 is 2.11 bits per heavy atom. The Morgan fingerprint density at radius 2 is 1.53 bits per heavy atom. The summed E-state index contributed by atoms with van der Waals surface area (Å²) in [6, 6.07) is 6.39. The number of para-hydroxylation sites is 1. The minimum absolute atomic E-state index is 0.0153. The molecular formula is C14H12O5. The quantitative estimate of drug-likeness (QED) is 0.489. The molecule has 0 radical (unpaired) electrons. The van der Waals surface area contributed by atoms with Crippen molar-refractivity contribution < 1.29 is 25.2 Å². The zero-order chi connectivity index (χ0) is 14.2. The van der Waals surface area contributed by atoms with Crippen molar-refractivity contribution in [3.63, 3.8) is 0 Å². The summed E-state index contributed by atoms with van der Waals surface area (Å²) in [7, 11) is 0. The number of hydrogen-bond acceptors (Lipinski definition) is 5. The predicted molar refractivity (Wildman–Crippen MR) is 67.7 cm³/mol. The van der Waals surface area contributed by atoms with Gasteiger partial charge in [-0.15, -0.1) is 0 Å². The Balaban J connectivity index is 2.53. The number of hydrogen-bond donors (Lipinski definition) is 4. The molecule has 0 fully saturated rings. The molecule has 2 aromatic rings. The summed E-state index contributed by atoms with van der Waals surface area (Å²) in [6.07, 6.45) is 0.